The first kappa shape index (κ1) is 15.4. The lowest BCUT2D eigenvalue weighted by Gasteiger charge is -2.19. The fourth-order valence-corrected chi connectivity index (χ4v) is 2.95. The van der Waals surface area contributed by atoms with Crippen molar-refractivity contribution in [2.75, 3.05) is 14.1 Å². The molecule has 2 heterocycles. The number of carbonyl (C=O) groups excluding carboxylic acids is 1. The number of amides is 1. The smallest absolute Gasteiger partial charge is 0.253 e. The maximum Gasteiger partial charge on any atom is 0.253 e. The molecule has 0 spiro atoms. The molecule has 0 atom stereocenters. The molecule has 4 rings (SSSR count). The van der Waals surface area contributed by atoms with Gasteiger partial charge in [-0.3, -0.25) is 4.79 Å². The summed E-state index contributed by atoms with van der Waals surface area (Å²) in [5.74, 6) is 1.51. The first-order valence-corrected chi connectivity index (χ1v) is 8.19. The Hall–Kier alpha value is -3.14. The molecule has 0 radical (unpaired) electrons. The van der Waals surface area contributed by atoms with Crippen molar-refractivity contribution in [3.63, 3.8) is 0 Å². The van der Waals surface area contributed by atoms with Crippen molar-refractivity contribution in [1.29, 1.82) is 0 Å². The predicted molar refractivity (Wildman–Crippen MR) is 97.0 cm³/mol. The number of ether oxygens (including phenoxy) is 1. The third kappa shape index (κ3) is 2.87. The molecule has 124 valence electrons. The third-order valence-electron chi connectivity index (χ3n) is 4.33. The summed E-state index contributed by atoms with van der Waals surface area (Å²) < 4.78 is 5.96. The Balaban J connectivity index is 1.64. The van der Waals surface area contributed by atoms with E-state index in [1.807, 2.05) is 48.5 Å². The maximum absolute atomic E-state index is 12.0. The zero-order valence-electron chi connectivity index (χ0n) is 14.2. The number of fused-ring (bicyclic) bond motifs is 2. The van der Waals surface area contributed by atoms with Gasteiger partial charge in [0.2, 0.25) is 5.88 Å². The van der Waals surface area contributed by atoms with Crippen molar-refractivity contribution in [2.24, 2.45) is 0 Å². The van der Waals surface area contributed by atoms with Crippen LogP contribution >= 0.6 is 0 Å². The van der Waals surface area contributed by atoms with Gasteiger partial charge < -0.3 is 9.64 Å². The van der Waals surface area contributed by atoms with E-state index in [0.717, 1.165) is 29.0 Å². The molecule has 0 N–H and O–H groups in total. The Labute approximate surface area is 146 Å². The van der Waals surface area contributed by atoms with E-state index in [4.69, 9.17) is 4.74 Å². The van der Waals surface area contributed by atoms with Crippen LogP contribution in [0.25, 0.3) is 11.3 Å². The van der Waals surface area contributed by atoms with Crippen LogP contribution in [0.2, 0.25) is 0 Å². The summed E-state index contributed by atoms with van der Waals surface area (Å²) in [6.07, 6.45) is 0.828. The van der Waals surface area contributed by atoms with Gasteiger partial charge in [0.15, 0.2) is 0 Å². The molecule has 0 unspecified atom stereocenters. The standard InChI is InChI=1S/C21H18N2O2/c1-23(2)21(24)15-9-7-14(8-10-15)18-12-11-17-13-16-5-3-4-6-19(16)25-20(17)22-18/h3-12H,13H2,1-2H3. The number of aromatic nitrogens is 1. The minimum absolute atomic E-state index is 0.00936. The molecule has 0 fully saturated rings. The lowest BCUT2D eigenvalue weighted by molar-refractivity contribution is 0.0827. The molecule has 3 aromatic rings. The predicted octanol–water partition coefficient (Wildman–Crippen LogP) is 4.15. The van der Waals surface area contributed by atoms with Crippen molar-refractivity contribution in [3.05, 3.63) is 77.4 Å². The Morgan fingerprint density at radius 1 is 0.960 bits per heavy atom. The second kappa shape index (κ2) is 6.06. The van der Waals surface area contributed by atoms with Crippen LogP contribution < -0.4 is 4.74 Å². The molecule has 25 heavy (non-hydrogen) atoms. The van der Waals surface area contributed by atoms with E-state index >= 15 is 0 Å². The fraction of sp³-hybridized carbons (Fsp3) is 0.143. The van der Waals surface area contributed by atoms with E-state index in [2.05, 4.69) is 17.1 Å². The topological polar surface area (TPSA) is 42.4 Å². The second-order valence-corrected chi connectivity index (χ2v) is 6.32. The van der Waals surface area contributed by atoms with Crippen LogP contribution in [0.4, 0.5) is 0 Å². The Bertz CT molecular complexity index is 946. The lowest BCUT2D eigenvalue weighted by atomic mass is 10.0. The van der Waals surface area contributed by atoms with E-state index in [-0.39, 0.29) is 5.91 Å². The van der Waals surface area contributed by atoms with Gasteiger partial charge in [0.05, 0.1) is 5.69 Å². The number of hydrogen-bond acceptors (Lipinski definition) is 3. The highest BCUT2D eigenvalue weighted by Crippen LogP contribution is 2.36. The van der Waals surface area contributed by atoms with Crippen molar-refractivity contribution in [1.82, 2.24) is 9.88 Å². The highest BCUT2D eigenvalue weighted by molar-refractivity contribution is 5.94. The average Bonchev–Trinajstić information content (AvgIpc) is 2.65. The van der Waals surface area contributed by atoms with Gasteiger partial charge in [-0.25, -0.2) is 4.98 Å². The average molecular weight is 330 g/mol. The van der Waals surface area contributed by atoms with E-state index in [1.54, 1.807) is 19.0 Å². The monoisotopic (exact) mass is 330 g/mol. The summed E-state index contributed by atoms with van der Waals surface area (Å²) in [5, 5.41) is 0. The van der Waals surface area contributed by atoms with Crippen LogP contribution in [-0.2, 0) is 6.42 Å². The molecular weight excluding hydrogens is 312 g/mol. The van der Waals surface area contributed by atoms with E-state index in [1.165, 1.54) is 5.56 Å². The summed E-state index contributed by atoms with van der Waals surface area (Å²) in [4.78, 5) is 18.2. The number of pyridine rings is 1. The Kier molecular flexibility index (Phi) is 3.73. The van der Waals surface area contributed by atoms with Crippen LogP contribution in [-0.4, -0.2) is 29.9 Å². The summed E-state index contributed by atoms with van der Waals surface area (Å²) in [6.45, 7) is 0. The molecular formula is C21H18N2O2. The number of hydrogen-bond donors (Lipinski definition) is 0. The zero-order valence-corrected chi connectivity index (χ0v) is 14.2. The number of benzene rings is 2. The van der Waals surface area contributed by atoms with E-state index in [9.17, 15) is 4.79 Å². The van der Waals surface area contributed by atoms with E-state index < -0.39 is 0 Å². The summed E-state index contributed by atoms with van der Waals surface area (Å²) in [6, 6.07) is 19.6. The molecule has 1 amide bonds. The highest BCUT2D eigenvalue weighted by atomic mass is 16.5. The van der Waals surface area contributed by atoms with Crippen molar-refractivity contribution < 1.29 is 9.53 Å². The van der Waals surface area contributed by atoms with Crippen LogP contribution in [0.1, 0.15) is 21.5 Å². The van der Waals surface area contributed by atoms with Crippen LogP contribution in [0, 0.1) is 0 Å². The third-order valence-corrected chi connectivity index (χ3v) is 4.33. The number of carbonyl (C=O) groups is 1. The Morgan fingerprint density at radius 3 is 2.48 bits per heavy atom. The quantitative estimate of drug-likeness (QED) is 0.554. The summed E-state index contributed by atoms with van der Waals surface area (Å²) >= 11 is 0. The molecule has 4 heteroatoms. The molecule has 2 aromatic carbocycles. The van der Waals surface area contributed by atoms with Gasteiger partial charge in [-0.15, -0.1) is 0 Å². The molecule has 1 aromatic heterocycles. The maximum atomic E-state index is 12.0. The molecule has 4 nitrogen and oxygen atoms in total. The number of rotatable bonds is 2. The van der Waals surface area contributed by atoms with Gasteiger partial charge in [-0.05, 0) is 29.8 Å². The normalized spacial score (nSPS) is 11.9. The largest absolute Gasteiger partial charge is 0.438 e. The minimum Gasteiger partial charge on any atom is -0.438 e. The molecule has 0 aliphatic carbocycles. The fourth-order valence-electron chi connectivity index (χ4n) is 2.95. The van der Waals surface area contributed by atoms with Crippen LogP contribution in [0.15, 0.2) is 60.7 Å². The summed E-state index contributed by atoms with van der Waals surface area (Å²) in [7, 11) is 3.49. The van der Waals surface area contributed by atoms with E-state index in [0.29, 0.717) is 11.4 Å². The molecule has 0 saturated carbocycles. The van der Waals surface area contributed by atoms with Crippen molar-refractivity contribution in [3.8, 4) is 22.9 Å². The number of nitrogens with zero attached hydrogens (tertiary/aromatic N) is 2. The molecule has 0 bridgehead atoms. The summed E-state index contributed by atoms with van der Waals surface area (Å²) in [5.41, 5.74) is 4.72. The van der Waals surface area contributed by atoms with Gasteiger partial charge in [0, 0.05) is 37.2 Å². The van der Waals surface area contributed by atoms with Crippen molar-refractivity contribution in [2.45, 2.75) is 6.42 Å². The molecule has 1 aliphatic heterocycles. The first-order valence-electron chi connectivity index (χ1n) is 8.19. The Morgan fingerprint density at radius 2 is 1.72 bits per heavy atom. The van der Waals surface area contributed by atoms with Gasteiger partial charge in [0.1, 0.15) is 5.75 Å². The van der Waals surface area contributed by atoms with Crippen LogP contribution in [0.5, 0.6) is 11.6 Å². The highest BCUT2D eigenvalue weighted by Gasteiger charge is 2.18. The first-order chi connectivity index (χ1) is 12.1. The minimum atomic E-state index is -0.00936. The van der Waals surface area contributed by atoms with Crippen LogP contribution in [0.3, 0.4) is 0 Å². The molecule has 0 saturated heterocycles. The van der Waals surface area contributed by atoms with Gasteiger partial charge in [-0.1, -0.05) is 36.4 Å². The number of para-hydroxylation sites is 1. The second-order valence-electron chi connectivity index (χ2n) is 6.32. The zero-order chi connectivity index (χ0) is 17.4. The van der Waals surface area contributed by atoms with Gasteiger partial charge in [-0.2, -0.15) is 0 Å². The van der Waals surface area contributed by atoms with Gasteiger partial charge >= 0.3 is 0 Å². The van der Waals surface area contributed by atoms with Gasteiger partial charge in [0.25, 0.3) is 5.91 Å². The SMILES string of the molecule is CN(C)C(=O)c1ccc(-c2ccc3c(n2)Oc2ccccc2C3)cc1. The lowest BCUT2D eigenvalue weighted by Crippen LogP contribution is -2.21. The molecule has 1 aliphatic rings. The van der Waals surface area contributed by atoms with Crippen molar-refractivity contribution >= 4 is 5.91 Å².